The maximum absolute atomic E-state index is 13.3. The summed E-state index contributed by atoms with van der Waals surface area (Å²) in [7, 11) is 2.95. The van der Waals surface area contributed by atoms with Crippen molar-refractivity contribution in [2.24, 2.45) is 0 Å². The summed E-state index contributed by atoms with van der Waals surface area (Å²) in [5.74, 6) is 0.291. The fourth-order valence-electron chi connectivity index (χ4n) is 4.58. The molecular weight excluding hydrogens is 536 g/mol. The Balaban J connectivity index is 1.37. The zero-order valence-corrected chi connectivity index (χ0v) is 23.2. The molecule has 0 spiro atoms. The highest BCUT2D eigenvalue weighted by Gasteiger charge is 2.21. The molecule has 4 N–H and O–H groups in total. The first-order chi connectivity index (χ1) is 20.5. The molecule has 2 aromatic heterocycles. The van der Waals surface area contributed by atoms with Crippen LogP contribution < -0.4 is 26.0 Å². The molecule has 3 heterocycles. The number of benzene rings is 2. The van der Waals surface area contributed by atoms with Crippen LogP contribution in [0.2, 0.25) is 0 Å². The fourth-order valence-corrected chi connectivity index (χ4v) is 4.58. The minimum atomic E-state index is -0.450. The maximum Gasteiger partial charge on any atom is 0.273 e. The van der Waals surface area contributed by atoms with Gasteiger partial charge in [-0.1, -0.05) is 12.1 Å². The zero-order chi connectivity index (χ0) is 29.5. The second-order valence-corrected chi connectivity index (χ2v) is 9.45. The molecule has 0 atom stereocenters. The lowest BCUT2D eigenvalue weighted by molar-refractivity contribution is 0.0792. The van der Waals surface area contributed by atoms with Crippen LogP contribution in [0.5, 0.6) is 5.75 Å². The quantitative estimate of drug-likeness (QED) is 0.234. The fraction of sp³-hybridized carbons (Fsp3) is 0.200. The molecule has 12 nitrogen and oxygen atoms in total. The smallest absolute Gasteiger partial charge is 0.273 e. The van der Waals surface area contributed by atoms with Gasteiger partial charge in [0.15, 0.2) is 17.3 Å². The van der Waals surface area contributed by atoms with Gasteiger partial charge >= 0.3 is 0 Å². The summed E-state index contributed by atoms with van der Waals surface area (Å²) in [5, 5.41) is 19.8. The van der Waals surface area contributed by atoms with Gasteiger partial charge in [0.25, 0.3) is 17.7 Å². The van der Waals surface area contributed by atoms with E-state index >= 15 is 0 Å². The molecule has 12 heteroatoms. The first-order valence-electron chi connectivity index (χ1n) is 13.4. The number of ether oxygens (including phenoxy) is 1. The van der Waals surface area contributed by atoms with E-state index in [9.17, 15) is 14.4 Å². The first kappa shape index (κ1) is 28.0. The number of carbonyl (C=O) groups is 3. The van der Waals surface area contributed by atoms with E-state index < -0.39 is 11.8 Å². The van der Waals surface area contributed by atoms with E-state index in [4.69, 9.17) is 4.74 Å². The van der Waals surface area contributed by atoms with Crippen LogP contribution in [0.4, 0.5) is 28.7 Å². The lowest BCUT2D eigenvalue weighted by Crippen LogP contribution is -2.27. The topological polar surface area (TPSA) is 150 Å². The number of para-hydroxylation sites is 1. The molecule has 0 aliphatic carbocycles. The molecule has 0 bridgehead atoms. The summed E-state index contributed by atoms with van der Waals surface area (Å²) >= 11 is 0. The third kappa shape index (κ3) is 6.28. The summed E-state index contributed by atoms with van der Waals surface area (Å²) in [6, 6.07) is 18.8. The van der Waals surface area contributed by atoms with Crippen molar-refractivity contribution in [1.82, 2.24) is 25.4 Å². The Labute approximate surface area is 242 Å². The number of hydrogen-bond acceptors (Lipinski definition) is 9. The molecular formula is C30H30N8O4. The Hall–Kier alpha value is -5.52. The Morgan fingerprint density at radius 2 is 1.62 bits per heavy atom. The first-order valence-corrected chi connectivity index (χ1v) is 13.4. The van der Waals surface area contributed by atoms with Crippen molar-refractivity contribution in [1.29, 1.82) is 0 Å². The number of nitrogens with one attached hydrogen (secondary N) is 4. The Bertz CT molecular complexity index is 1590. The van der Waals surface area contributed by atoms with Gasteiger partial charge < -0.3 is 30.9 Å². The van der Waals surface area contributed by atoms with Crippen molar-refractivity contribution in [3.05, 3.63) is 89.7 Å². The van der Waals surface area contributed by atoms with Gasteiger partial charge in [-0.3, -0.25) is 14.4 Å². The largest absolute Gasteiger partial charge is 0.494 e. The molecule has 4 aromatic rings. The van der Waals surface area contributed by atoms with Crippen LogP contribution in [-0.4, -0.2) is 65.0 Å². The number of likely N-dealkylation sites (tertiary alicyclic amines) is 1. The molecule has 214 valence electrons. The molecule has 0 unspecified atom stereocenters. The van der Waals surface area contributed by atoms with Crippen molar-refractivity contribution in [3.63, 3.8) is 0 Å². The van der Waals surface area contributed by atoms with Gasteiger partial charge in [-0.15, -0.1) is 10.2 Å². The van der Waals surface area contributed by atoms with Crippen LogP contribution in [0.15, 0.2) is 72.9 Å². The minimum Gasteiger partial charge on any atom is -0.494 e. The van der Waals surface area contributed by atoms with Crippen molar-refractivity contribution < 1.29 is 19.1 Å². The van der Waals surface area contributed by atoms with E-state index in [1.807, 2.05) is 11.0 Å². The summed E-state index contributed by atoms with van der Waals surface area (Å²) < 4.78 is 5.63. The molecule has 1 aliphatic heterocycles. The van der Waals surface area contributed by atoms with E-state index in [-0.39, 0.29) is 22.9 Å². The van der Waals surface area contributed by atoms with Gasteiger partial charge in [0, 0.05) is 43.7 Å². The molecule has 1 saturated heterocycles. The Morgan fingerprint density at radius 1 is 0.833 bits per heavy atom. The van der Waals surface area contributed by atoms with Crippen LogP contribution in [0, 0.1) is 0 Å². The summed E-state index contributed by atoms with van der Waals surface area (Å²) in [4.78, 5) is 44.6. The highest BCUT2D eigenvalue weighted by atomic mass is 16.5. The lowest BCUT2D eigenvalue weighted by Gasteiger charge is -2.17. The van der Waals surface area contributed by atoms with Gasteiger partial charge in [0.2, 0.25) is 0 Å². The summed E-state index contributed by atoms with van der Waals surface area (Å²) in [6.07, 6.45) is 3.67. The Morgan fingerprint density at radius 3 is 2.31 bits per heavy atom. The van der Waals surface area contributed by atoms with Crippen molar-refractivity contribution in [3.8, 4) is 5.75 Å². The highest BCUT2D eigenvalue weighted by molar-refractivity contribution is 6.08. The number of nitrogens with zero attached hydrogens (tertiary/aromatic N) is 4. The van der Waals surface area contributed by atoms with Gasteiger partial charge in [-0.25, -0.2) is 4.98 Å². The summed E-state index contributed by atoms with van der Waals surface area (Å²) in [5.41, 5.74) is 2.17. The van der Waals surface area contributed by atoms with Crippen LogP contribution in [-0.2, 0) is 0 Å². The molecule has 42 heavy (non-hydrogen) atoms. The highest BCUT2D eigenvalue weighted by Crippen LogP contribution is 2.33. The number of methoxy groups -OCH3 is 1. The third-order valence-electron chi connectivity index (χ3n) is 6.67. The number of anilines is 5. The number of aromatic nitrogens is 3. The number of rotatable bonds is 9. The third-order valence-corrected chi connectivity index (χ3v) is 6.67. The zero-order valence-electron chi connectivity index (χ0n) is 23.2. The SMILES string of the molecule is CNC(=O)c1nnc(Nc2ccccn2)cc1Nc1cccc(C(=O)Nc2ccc(C(=O)N3CCCC3)cc2)c1OC. The van der Waals surface area contributed by atoms with E-state index in [1.54, 1.807) is 66.9 Å². The molecule has 0 saturated carbocycles. The van der Waals surface area contributed by atoms with E-state index in [2.05, 4.69) is 36.4 Å². The monoisotopic (exact) mass is 566 g/mol. The Kier molecular flexibility index (Phi) is 8.52. The molecule has 2 aromatic carbocycles. The van der Waals surface area contributed by atoms with Crippen molar-refractivity contribution >= 4 is 46.4 Å². The lowest BCUT2D eigenvalue weighted by atomic mass is 10.1. The second-order valence-electron chi connectivity index (χ2n) is 9.45. The molecule has 3 amide bonds. The van der Waals surface area contributed by atoms with Gasteiger partial charge in [0.05, 0.1) is 24.0 Å². The molecule has 1 aliphatic rings. The second kappa shape index (κ2) is 12.8. The number of pyridine rings is 1. The van der Waals surface area contributed by atoms with Crippen molar-refractivity contribution in [2.75, 3.05) is 43.2 Å². The van der Waals surface area contributed by atoms with Crippen LogP contribution in [0.3, 0.4) is 0 Å². The van der Waals surface area contributed by atoms with Crippen LogP contribution in [0.1, 0.15) is 44.0 Å². The van der Waals surface area contributed by atoms with Crippen LogP contribution in [0.25, 0.3) is 0 Å². The predicted octanol–water partition coefficient (Wildman–Crippen LogP) is 4.22. The number of hydrogen-bond donors (Lipinski definition) is 4. The van der Waals surface area contributed by atoms with Crippen LogP contribution >= 0.6 is 0 Å². The normalized spacial score (nSPS) is 12.4. The molecule has 1 fully saturated rings. The van der Waals surface area contributed by atoms with E-state index in [1.165, 1.54) is 14.2 Å². The number of amides is 3. The van der Waals surface area contributed by atoms with Crippen molar-refractivity contribution in [2.45, 2.75) is 12.8 Å². The summed E-state index contributed by atoms with van der Waals surface area (Å²) in [6.45, 7) is 1.54. The van der Waals surface area contributed by atoms with Gasteiger partial charge in [-0.05, 0) is 61.4 Å². The van der Waals surface area contributed by atoms with E-state index in [0.29, 0.717) is 34.3 Å². The van der Waals surface area contributed by atoms with Gasteiger partial charge in [0.1, 0.15) is 5.82 Å². The minimum absolute atomic E-state index is 0.00839. The molecule has 0 radical (unpaired) electrons. The van der Waals surface area contributed by atoms with Gasteiger partial charge in [-0.2, -0.15) is 0 Å². The van der Waals surface area contributed by atoms with E-state index in [0.717, 1.165) is 25.9 Å². The average molecular weight is 567 g/mol. The number of carbonyl (C=O) groups excluding carboxylic acids is 3. The predicted molar refractivity (Wildman–Crippen MR) is 159 cm³/mol. The standard InChI is InChI=1S/C30H30N8O4/c1-31-29(40)26-23(18-25(36-37-26)35-24-10-3-4-15-32-24)34-22-9-7-8-21(27(22)42-2)28(39)33-20-13-11-19(12-14-20)30(41)38-16-5-6-17-38/h3-4,7-15,18H,5-6,16-17H2,1-2H3,(H,31,40)(H,33,39)(H2,32,34,35,36). The average Bonchev–Trinajstić information content (AvgIpc) is 3.56. The maximum atomic E-state index is 13.3. The molecule has 5 rings (SSSR count).